The SMILES string of the molecule is CCC(C(C)C)C1CCCN1. The van der Waals surface area contributed by atoms with Crippen molar-refractivity contribution in [2.24, 2.45) is 11.8 Å². The minimum atomic E-state index is 0.819. The highest BCUT2D eigenvalue weighted by atomic mass is 14.9. The van der Waals surface area contributed by atoms with Crippen LogP contribution in [0.15, 0.2) is 0 Å². The van der Waals surface area contributed by atoms with Gasteiger partial charge < -0.3 is 5.32 Å². The topological polar surface area (TPSA) is 12.0 Å². The van der Waals surface area contributed by atoms with Gasteiger partial charge in [-0.2, -0.15) is 0 Å². The van der Waals surface area contributed by atoms with Crippen LogP contribution >= 0.6 is 0 Å². The molecule has 66 valence electrons. The van der Waals surface area contributed by atoms with Crippen LogP contribution in [0.3, 0.4) is 0 Å². The molecule has 0 spiro atoms. The predicted molar refractivity (Wildman–Crippen MR) is 49.6 cm³/mol. The minimum absolute atomic E-state index is 0.819. The lowest BCUT2D eigenvalue weighted by molar-refractivity contribution is 0.289. The van der Waals surface area contributed by atoms with E-state index in [-0.39, 0.29) is 0 Å². The van der Waals surface area contributed by atoms with Gasteiger partial charge in [0, 0.05) is 6.04 Å². The zero-order chi connectivity index (χ0) is 8.27. The summed E-state index contributed by atoms with van der Waals surface area (Å²) in [7, 11) is 0. The highest BCUT2D eigenvalue weighted by Gasteiger charge is 2.24. The first-order valence-electron chi connectivity index (χ1n) is 4.99. The molecule has 1 saturated heterocycles. The summed E-state index contributed by atoms with van der Waals surface area (Å²) in [6.07, 6.45) is 4.11. The first-order chi connectivity index (χ1) is 5.25. The molecule has 11 heavy (non-hydrogen) atoms. The van der Waals surface area contributed by atoms with Gasteiger partial charge in [-0.1, -0.05) is 27.2 Å². The lowest BCUT2D eigenvalue weighted by Crippen LogP contribution is -2.33. The summed E-state index contributed by atoms with van der Waals surface area (Å²) in [4.78, 5) is 0. The third kappa shape index (κ3) is 2.19. The summed E-state index contributed by atoms with van der Waals surface area (Å²) in [6.45, 7) is 8.24. The first kappa shape index (κ1) is 9.05. The Morgan fingerprint density at radius 3 is 2.55 bits per heavy atom. The molecule has 0 radical (unpaired) electrons. The summed E-state index contributed by atoms with van der Waals surface area (Å²) in [5, 5.41) is 3.59. The molecule has 1 fully saturated rings. The van der Waals surface area contributed by atoms with Gasteiger partial charge in [-0.15, -0.1) is 0 Å². The van der Waals surface area contributed by atoms with Crippen LogP contribution in [0.1, 0.15) is 40.0 Å². The van der Waals surface area contributed by atoms with Crippen molar-refractivity contribution in [3.8, 4) is 0 Å². The number of hydrogen-bond donors (Lipinski definition) is 1. The van der Waals surface area contributed by atoms with Crippen molar-refractivity contribution in [1.29, 1.82) is 0 Å². The quantitative estimate of drug-likeness (QED) is 0.660. The molecule has 0 amide bonds. The van der Waals surface area contributed by atoms with E-state index >= 15 is 0 Å². The average molecular weight is 155 g/mol. The van der Waals surface area contributed by atoms with Crippen LogP contribution in [0.5, 0.6) is 0 Å². The highest BCUT2D eigenvalue weighted by molar-refractivity contribution is 4.82. The molecule has 1 rings (SSSR count). The number of hydrogen-bond acceptors (Lipinski definition) is 1. The largest absolute Gasteiger partial charge is 0.314 e. The Hall–Kier alpha value is -0.0400. The Bertz CT molecular complexity index is 103. The van der Waals surface area contributed by atoms with E-state index in [9.17, 15) is 0 Å². The highest BCUT2D eigenvalue weighted by Crippen LogP contribution is 2.24. The molecule has 0 aromatic carbocycles. The van der Waals surface area contributed by atoms with Crippen LogP contribution in [0.25, 0.3) is 0 Å². The summed E-state index contributed by atoms with van der Waals surface area (Å²) >= 11 is 0. The van der Waals surface area contributed by atoms with E-state index < -0.39 is 0 Å². The normalized spacial score (nSPS) is 27.8. The second kappa shape index (κ2) is 4.10. The summed E-state index contributed by atoms with van der Waals surface area (Å²) in [5.41, 5.74) is 0. The van der Waals surface area contributed by atoms with Crippen LogP contribution in [-0.4, -0.2) is 12.6 Å². The van der Waals surface area contributed by atoms with E-state index in [2.05, 4.69) is 26.1 Å². The molecule has 0 aliphatic carbocycles. The molecule has 1 heterocycles. The zero-order valence-electron chi connectivity index (χ0n) is 8.06. The van der Waals surface area contributed by atoms with Gasteiger partial charge in [0.2, 0.25) is 0 Å². The molecule has 1 N–H and O–H groups in total. The van der Waals surface area contributed by atoms with Gasteiger partial charge in [0.15, 0.2) is 0 Å². The Labute approximate surface area is 70.6 Å². The van der Waals surface area contributed by atoms with Gasteiger partial charge in [0.25, 0.3) is 0 Å². The van der Waals surface area contributed by atoms with E-state index in [0.717, 1.165) is 17.9 Å². The Kier molecular flexibility index (Phi) is 3.38. The number of rotatable bonds is 3. The molecular weight excluding hydrogens is 134 g/mol. The molecular formula is C10H21N. The Balaban J connectivity index is 2.40. The van der Waals surface area contributed by atoms with Crippen molar-refractivity contribution >= 4 is 0 Å². The minimum Gasteiger partial charge on any atom is -0.314 e. The maximum Gasteiger partial charge on any atom is 0.00981 e. The fourth-order valence-electron chi connectivity index (χ4n) is 2.30. The van der Waals surface area contributed by atoms with Gasteiger partial charge in [0.1, 0.15) is 0 Å². The van der Waals surface area contributed by atoms with Crippen molar-refractivity contribution in [3.63, 3.8) is 0 Å². The van der Waals surface area contributed by atoms with Crippen LogP contribution in [0.2, 0.25) is 0 Å². The van der Waals surface area contributed by atoms with E-state index in [1.54, 1.807) is 0 Å². The van der Waals surface area contributed by atoms with Gasteiger partial charge in [-0.3, -0.25) is 0 Å². The molecule has 0 saturated carbocycles. The molecule has 1 aliphatic heterocycles. The van der Waals surface area contributed by atoms with Crippen molar-refractivity contribution in [3.05, 3.63) is 0 Å². The van der Waals surface area contributed by atoms with Crippen LogP contribution in [0.4, 0.5) is 0 Å². The summed E-state index contributed by atoms with van der Waals surface area (Å²) in [5.74, 6) is 1.74. The van der Waals surface area contributed by atoms with Crippen LogP contribution in [-0.2, 0) is 0 Å². The molecule has 0 bridgehead atoms. The lowest BCUT2D eigenvalue weighted by atomic mass is 9.85. The van der Waals surface area contributed by atoms with E-state index in [0.29, 0.717) is 0 Å². The van der Waals surface area contributed by atoms with Gasteiger partial charge >= 0.3 is 0 Å². The van der Waals surface area contributed by atoms with E-state index in [1.807, 2.05) is 0 Å². The van der Waals surface area contributed by atoms with Crippen LogP contribution < -0.4 is 5.32 Å². The number of nitrogens with one attached hydrogen (secondary N) is 1. The Morgan fingerprint density at radius 2 is 2.18 bits per heavy atom. The summed E-state index contributed by atoms with van der Waals surface area (Å²) in [6, 6.07) is 0.819. The van der Waals surface area contributed by atoms with Crippen molar-refractivity contribution in [1.82, 2.24) is 5.32 Å². The third-order valence-electron chi connectivity index (χ3n) is 2.94. The van der Waals surface area contributed by atoms with Gasteiger partial charge in [0.05, 0.1) is 0 Å². The lowest BCUT2D eigenvalue weighted by Gasteiger charge is -2.25. The van der Waals surface area contributed by atoms with E-state index in [1.165, 1.54) is 25.8 Å². The Morgan fingerprint density at radius 1 is 1.45 bits per heavy atom. The van der Waals surface area contributed by atoms with Crippen molar-refractivity contribution < 1.29 is 0 Å². The molecule has 1 heteroatoms. The molecule has 1 aliphatic rings. The third-order valence-corrected chi connectivity index (χ3v) is 2.94. The van der Waals surface area contributed by atoms with Gasteiger partial charge in [-0.25, -0.2) is 0 Å². The fourth-order valence-corrected chi connectivity index (χ4v) is 2.30. The first-order valence-corrected chi connectivity index (χ1v) is 4.99. The summed E-state index contributed by atoms with van der Waals surface area (Å²) < 4.78 is 0. The molecule has 2 unspecified atom stereocenters. The molecule has 0 aromatic rings. The second-order valence-electron chi connectivity index (χ2n) is 4.02. The molecule has 1 nitrogen and oxygen atoms in total. The standard InChI is InChI=1S/C10H21N/c1-4-9(8(2)3)10-6-5-7-11-10/h8-11H,4-7H2,1-3H3. The maximum absolute atomic E-state index is 3.59. The second-order valence-corrected chi connectivity index (χ2v) is 4.02. The van der Waals surface area contributed by atoms with Crippen molar-refractivity contribution in [2.45, 2.75) is 46.1 Å². The van der Waals surface area contributed by atoms with Crippen LogP contribution in [0, 0.1) is 11.8 Å². The van der Waals surface area contributed by atoms with Gasteiger partial charge in [-0.05, 0) is 31.2 Å². The fraction of sp³-hybridized carbons (Fsp3) is 1.00. The average Bonchev–Trinajstić information content (AvgIpc) is 2.40. The monoisotopic (exact) mass is 155 g/mol. The predicted octanol–water partition coefficient (Wildman–Crippen LogP) is 2.42. The van der Waals surface area contributed by atoms with Crippen molar-refractivity contribution in [2.75, 3.05) is 6.54 Å². The zero-order valence-corrected chi connectivity index (χ0v) is 8.06. The maximum atomic E-state index is 3.59. The van der Waals surface area contributed by atoms with E-state index in [4.69, 9.17) is 0 Å². The smallest absolute Gasteiger partial charge is 0.00981 e. The molecule has 2 atom stereocenters. The molecule has 0 aromatic heterocycles.